The van der Waals surface area contributed by atoms with E-state index in [1.807, 2.05) is 0 Å². The van der Waals surface area contributed by atoms with E-state index in [0.717, 1.165) is 0 Å². The molecule has 0 aliphatic heterocycles. The Morgan fingerprint density at radius 2 is 1.39 bits per heavy atom. The largest absolute Gasteiger partial charge is 1.00 e. The Morgan fingerprint density at radius 1 is 0.921 bits per heavy atom. The number of nitrogens with one attached hydrogen (secondary N) is 1. The number of carboxylic acid groups (broad SMARTS) is 2. The first kappa shape index (κ1) is 38.4. The Balaban J connectivity index is 0. The maximum atomic E-state index is 12.9. The number of alkyl halides is 6. The summed E-state index contributed by atoms with van der Waals surface area (Å²) in [6.45, 7) is 2.95. The maximum Gasteiger partial charge on any atom is 1.00 e. The third-order valence-electron chi connectivity index (χ3n) is 4.79. The van der Waals surface area contributed by atoms with Gasteiger partial charge < -0.3 is 15.0 Å². The molecule has 6 nitrogen and oxygen atoms in total. The number of carbonyl (C=O) groups is 2. The number of aliphatic imine (C=N–C) groups is 1. The summed E-state index contributed by atoms with van der Waals surface area (Å²) >= 11 is 0. The van der Waals surface area contributed by atoms with Crippen LogP contribution in [0.2, 0.25) is 0 Å². The smallest absolute Gasteiger partial charge is 0.548 e. The zero-order valence-electron chi connectivity index (χ0n) is 20.3. The van der Waals surface area contributed by atoms with E-state index in [2.05, 4.69) is 10.3 Å². The predicted molar refractivity (Wildman–Crippen MR) is 125 cm³/mol. The van der Waals surface area contributed by atoms with E-state index in [1.165, 1.54) is 62.4 Å². The van der Waals surface area contributed by atoms with Gasteiger partial charge in [0.25, 0.3) is 0 Å². The van der Waals surface area contributed by atoms with Crippen molar-refractivity contribution in [2.45, 2.75) is 64.6 Å². The van der Waals surface area contributed by atoms with Gasteiger partial charge in [0, 0.05) is 5.56 Å². The number of benzene rings is 2. The summed E-state index contributed by atoms with van der Waals surface area (Å²) in [6.07, 6.45) is -9.22. The molecule has 206 valence electrons. The van der Waals surface area contributed by atoms with Crippen molar-refractivity contribution in [1.29, 1.82) is 0 Å². The molecule has 0 radical (unpaired) electrons. The monoisotopic (exact) mass is 574 g/mol. The maximum absolute atomic E-state index is 12.9. The van der Waals surface area contributed by atoms with Gasteiger partial charge in [0.05, 0.1) is 12.0 Å². The van der Waals surface area contributed by atoms with Gasteiger partial charge >= 0.3 is 69.7 Å². The van der Waals surface area contributed by atoms with Crippen LogP contribution in [0.1, 0.15) is 51.3 Å². The van der Waals surface area contributed by atoms with Gasteiger partial charge in [-0.3, -0.25) is 15.1 Å². The molecule has 0 bridgehead atoms. The fourth-order valence-corrected chi connectivity index (χ4v) is 2.96. The number of nitrogens with zero attached hydrogens (tertiary/aromatic N) is 1. The summed E-state index contributed by atoms with van der Waals surface area (Å²) in [5, 5.41) is 21.6. The molecule has 2 rings (SSSR count). The first-order chi connectivity index (χ1) is 16.7. The summed E-state index contributed by atoms with van der Waals surface area (Å²) in [7, 11) is 0. The van der Waals surface area contributed by atoms with Crippen LogP contribution in [0, 0.1) is 0 Å². The van der Waals surface area contributed by atoms with Crippen LogP contribution in [0.4, 0.5) is 26.3 Å². The SMILES string of the molecule is C.CC[C@H](N=C(c1ccccc1)C(F)(F)F)C(=O)[O-].CC[C@H](N[C@@H](c1ccccc1)C(F)(F)F)C(=O)O.[K+]. The molecule has 0 saturated carbocycles. The minimum atomic E-state index is -4.70. The van der Waals surface area contributed by atoms with Gasteiger partial charge in [-0.2, -0.15) is 26.3 Å². The molecule has 0 amide bonds. The number of hydrogen-bond donors (Lipinski definition) is 2. The number of aliphatic carboxylic acids is 2. The van der Waals surface area contributed by atoms with Gasteiger partial charge in [0.1, 0.15) is 17.8 Å². The average molecular weight is 575 g/mol. The topological polar surface area (TPSA) is 102 Å². The van der Waals surface area contributed by atoms with Gasteiger partial charge in [-0.05, 0) is 18.4 Å². The predicted octanol–water partition coefficient (Wildman–Crippen LogP) is 1.95. The minimum absolute atomic E-state index is 0. The van der Waals surface area contributed by atoms with E-state index in [1.54, 1.807) is 12.1 Å². The zero-order chi connectivity index (χ0) is 27.5. The normalized spacial score (nSPS) is 13.9. The van der Waals surface area contributed by atoms with Crippen LogP contribution in [0.15, 0.2) is 65.7 Å². The van der Waals surface area contributed by atoms with Crippen LogP contribution in [-0.4, -0.2) is 47.2 Å². The van der Waals surface area contributed by atoms with Gasteiger partial charge in [-0.15, -0.1) is 0 Å². The van der Waals surface area contributed by atoms with Crippen LogP contribution in [0.5, 0.6) is 0 Å². The van der Waals surface area contributed by atoms with Crippen molar-refractivity contribution < 1.29 is 97.5 Å². The molecule has 0 unspecified atom stereocenters. The summed E-state index contributed by atoms with van der Waals surface area (Å²) < 4.78 is 77.2. The van der Waals surface area contributed by atoms with E-state index in [9.17, 15) is 41.0 Å². The Bertz CT molecular complexity index is 1000. The number of rotatable bonds is 9. The molecule has 2 aromatic rings. The average Bonchev–Trinajstić information content (AvgIpc) is 2.79. The van der Waals surface area contributed by atoms with Crippen molar-refractivity contribution in [3.05, 3.63) is 71.8 Å². The summed E-state index contributed by atoms with van der Waals surface area (Å²) in [5.41, 5.74) is -1.35. The molecule has 0 fully saturated rings. The molecule has 2 aromatic carbocycles. The van der Waals surface area contributed by atoms with Crippen LogP contribution >= 0.6 is 0 Å². The van der Waals surface area contributed by atoms with E-state index in [4.69, 9.17) is 5.11 Å². The van der Waals surface area contributed by atoms with E-state index >= 15 is 0 Å². The van der Waals surface area contributed by atoms with E-state index < -0.39 is 48.1 Å². The molecule has 0 heterocycles. The Kier molecular flexibility index (Phi) is 17.9. The first-order valence-electron chi connectivity index (χ1n) is 10.7. The zero-order valence-corrected chi connectivity index (χ0v) is 23.4. The van der Waals surface area contributed by atoms with E-state index in [0.29, 0.717) is 0 Å². The van der Waals surface area contributed by atoms with Gasteiger partial charge in [0.2, 0.25) is 0 Å². The molecule has 2 N–H and O–H groups in total. The standard InChI is InChI=1S/C12H14F3NO2.C12H12F3NO2.CH4.K/c2*1-2-9(11(17)18)16-10(12(13,14)15)8-6-4-3-5-7-8;;/h3-7,9-10,16H,2H2,1H3,(H,17,18);3-7,9H,2H2,1H3,(H,17,18);1H4;/q;;;+1/p-1/t9-,10-;9-;;/m00../s1. The molecular formula is C25H29F6KN2O4. The number of hydrogen-bond acceptors (Lipinski definition) is 5. The summed E-state index contributed by atoms with van der Waals surface area (Å²) in [4.78, 5) is 24.7. The number of carbonyl (C=O) groups excluding carboxylic acids is 1. The van der Waals surface area contributed by atoms with Crippen LogP contribution in [0.25, 0.3) is 0 Å². The summed E-state index contributed by atoms with van der Waals surface area (Å²) in [5.74, 6) is -2.90. The van der Waals surface area contributed by atoms with Crippen molar-refractivity contribution >= 4 is 17.7 Å². The second-order valence-corrected chi connectivity index (χ2v) is 7.44. The molecule has 13 heteroatoms. The van der Waals surface area contributed by atoms with Crippen molar-refractivity contribution in [2.24, 2.45) is 4.99 Å². The van der Waals surface area contributed by atoms with Crippen LogP contribution < -0.4 is 61.8 Å². The van der Waals surface area contributed by atoms with Gasteiger partial charge in [0.15, 0.2) is 0 Å². The second kappa shape index (κ2) is 17.7. The van der Waals surface area contributed by atoms with Crippen molar-refractivity contribution in [3.63, 3.8) is 0 Å². The molecule has 0 aliphatic rings. The Labute approximate surface area is 260 Å². The fourth-order valence-electron chi connectivity index (χ4n) is 2.96. The third-order valence-corrected chi connectivity index (χ3v) is 4.79. The number of carboxylic acids is 2. The first-order valence-corrected chi connectivity index (χ1v) is 10.7. The van der Waals surface area contributed by atoms with Crippen LogP contribution in [0.3, 0.4) is 0 Å². The molecule has 0 aromatic heterocycles. The minimum Gasteiger partial charge on any atom is -0.548 e. The summed E-state index contributed by atoms with van der Waals surface area (Å²) in [6, 6.07) is 9.39. The quantitative estimate of drug-likeness (QED) is 0.271. The Morgan fingerprint density at radius 3 is 1.74 bits per heavy atom. The van der Waals surface area contributed by atoms with Crippen LogP contribution in [-0.2, 0) is 9.59 Å². The van der Waals surface area contributed by atoms with Crippen molar-refractivity contribution in [2.75, 3.05) is 0 Å². The van der Waals surface area contributed by atoms with Crippen molar-refractivity contribution in [3.8, 4) is 0 Å². The molecule has 0 saturated heterocycles. The third kappa shape index (κ3) is 12.9. The van der Waals surface area contributed by atoms with Gasteiger partial charge in [-0.25, -0.2) is 0 Å². The molecule has 0 aliphatic carbocycles. The van der Waals surface area contributed by atoms with Gasteiger partial charge in [-0.1, -0.05) is 81.9 Å². The second-order valence-electron chi connectivity index (χ2n) is 7.44. The number of halogens is 6. The molecule has 0 spiro atoms. The fraction of sp³-hybridized carbons (Fsp3) is 0.400. The molecular weight excluding hydrogens is 545 g/mol. The molecule has 3 atom stereocenters. The van der Waals surface area contributed by atoms with E-state index in [-0.39, 0.29) is 82.8 Å². The molecule has 38 heavy (non-hydrogen) atoms. The van der Waals surface area contributed by atoms with Crippen molar-refractivity contribution in [1.82, 2.24) is 5.32 Å². The Hall–Kier alpha value is -1.77.